The van der Waals surface area contributed by atoms with Gasteiger partial charge in [0.05, 0.1) is 6.61 Å². The molecule has 0 spiro atoms. The lowest BCUT2D eigenvalue weighted by molar-refractivity contribution is 0.0532. The first kappa shape index (κ1) is 12.2. The zero-order valence-electron chi connectivity index (χ0n) is 10.6. The van der Waals surface area contributed by atoms with E-state index >= 15 is 0 Å². The molecule has 0 bridgehead atoms. The molecule has 1 aliphatic heterocycles. The fourth-order valence-electron chi connectivity index (χ4n) is 2.21. The summed E-state index contributed by atoms with van der Waals surface area (Å²) >= 11 is 1.48. The molecule has 5 heteroatoms. The number of hydrogen-bond acceptors (Lipinski definition) is 5. The van der Waals surface area contributed by atoms with Crippen LogP contribution in [0.3, 0.4) is 0 Å². The minimum atomic E-state index is -0.237. The van der Waals surface area contributed by atoms with Gasteiger partial charge in [0.1, 0.15) is 4.88 Å². The Morgan fingerprint density at radius 1 is 1.58 bits per heavy atom. The number of esters is 1. The van der Waals surface area contributed by atoms with Crippen LogP contribution in [0.5, 0.6) is 0 Å². The van der Waals surface area contributed by atoms with Crippen molar-refractivity contribution in [3.63, 3.8) is 0 Å². The van der Waals surface area contributed by atoms with Crippen LogP contribution in [0.4, 0.5) is 5.69 Å². The molecule has 1 N–H and O–H groups in total. The van der Waals surface area contributed by atoms with Crippen LogP contribution in [-0.2, 0) is 11.2 Å². The molecule has 0 radical (unpaired) electrons. The molecule has 0 aromatic carbocycles. The predicted octanol–water partition coefficient (Wildman–Crippen LogP) is 2.95. The molecule has 0 saturated carbocycles. The molecule has 2 aromatic rings. The lowest BCUT2D eigenvalue weighted by atomic mass is 10.1. The average Bonchev–Trinajstić information content (AvgIpc) is 2.77. The molecule has 0 fully saturated rings. The third-order valence-corrected chi connectivity index (χ3v) is 4.25. The zero-order chi connectivity index (χ0) is 13.2. The highest BCUT2D eigenvalue weighted by molar-refractivity contribution is 7.17. The van der Waals surface area contributed by atoms with Crippen molar-refractivity contribution in [1.29, 1.82) is 0 Å². The van der Waals surface area contributed by atoms with Gasteiger partial charge in [0, 0.05) is 35.1 Å². The summed E-state index contributed by atoms with van der Waals surface area (Å²) in [5, 5.41) is 3.38. The van der Waals surface area contributed by atoms with E-state index in [-0.39, 0.29) is 5.97 Å². The second-order valence-corrected chi connectivity index (χ2v) is 5.34. The van der Waals surface area contributed by atoms with E-state index in [0.717, 1.165) is 29.1 Å². The van der Waals surface area contributed by atoms with Crippen molar-refractivity contribution in [2.45, 2.75) is 13.3 Å². The molecule has 0 saturated heterocycles. The summed E-state index contributed by atoms with van der Waals surface area (Å²) in [6.07, 6.45) is 4.52. The minimum Gasteiger partial charge on any atom is -0.462 e. The Hall–Kier alpha value is -1.88. The van der Waals surface area contributed by atoms with Crippen molar-refractivity contribution < 1.29 is 9.53 Å². The van der Waals surface area contributed by atoms with Gasteiger partial charge >= 0.3 is 5.97 Å². The van der Waals surface area contributed by atoms with Gasteiger partial charge in [-0.15, -0.1) is 11.3 Å². The average molecular weight is 274 g/mol. The summed E-state index contributed by atoms with van der Waals surface area (Å²) in [6.45, 7) is 3.09. The number of fused-ring (bicyclic) bond motifs is 3. The molecule has 3 heterocycles. The fraction of sp³-hybridized carbons (Fsp3) is 0.286. The molecule has 0 amide bonds. The second kappa shape index (κ2) is 5.01. The van der Waals surface area contributed by atoms with E-state index < -0.39 is 0 Å². The topological polar surface area (TPSA) is 51.2 Å². The maximum atomic E-state index is 11.8. The molecular formula is C14H14N2O2S. The van der Waals surface area contributed by atoms with Crippen molar-refractivity contribution in [2.75, 3.05) is 18.5 Å². The first-order valence-electron chi connectivity index (χ1n) is 6.27. The van der Waals surface area contributed by atoms with Gasteiger partial charge in [-0.1, -0.05) is 0 Å². The maximum absolute atomic E-state index is 11.8. The lowest BCUT2D eigenvalue weighted by Gasteiger charge is -2.05. The van der Waals surface area contributed by atoms with Gasteiger partial charge in [0.15, 0.2) is 0 Å². The first-order valence-corrected chi connectivity index (χ1v) is 7.09. The number of aromatic nitrogens is 1. The summed E-state index contributed by atoms with van der Waals surface area (Å²) < 4.78 is 5.07. The van der Waals surface area contributed by atoms with Crippen molar-refractivity contribution in [1.82, 2.24) is 4.98 Å². The van der Waals surface area contributed by atoms with E-state index in [1.165, 1.54) is 16.9 Å². The largest absolute Gasteiger partial charge is 0.462 e. The van der Waals surface area contributed by atoms with Crippen LogP contribution in [-0.4, -0.2) is 24.1 Å². The Balaban J connectivity index is 2.06. The number of carbonyl (C=O) groups is 1. The third kappa shape index (κ3) is 2.21. The van der Waals surface area contributed by atoms with E-state index in [0.29, 0.717) is 11.5 Å². The summed E-state index contributed by atoms with van der Waals surface area (Å²) in [5.74, 6) is -0.237. The monoisotopic (exact) mass is 274 g/mol. The summed E-state index contributed by atoms with van der Waals surface area (Å²) in [7, 11) is 0. The molecule has 1 aliphatic rings. The summed E-state index contributed by atoms with van der Waals surface area (Å²) in [6, 6.07) is 3.91. The van der Waals surface area contributed by atoms with Gasteiger partial charge in [-0.2, -0.15) is 0 Å². The number of nitrogens with zero attached hydrogens (tertiary/aromatic N) is 1. The second-order valence-electron chi connectivity index (χ2n) is 4.28. The van der Waals surface area contributed by atoms with Crippen molar-refractivity contribution in [3.05, 3.63) is 35.0 Å². The Kier molecular flexibility index (Phi) is 3.21. The van der Waals surface area contributed by atoms with Crippen LogP contribution < -0.4 is 5.32 Å². The van der Waals surface area contributed by atoms with E-state index in [4.69, 9.17) is 4.74 Å². The minimum absolute atomic E-state index is 0.237. The standard InChI is InChI=1S/C14H14N2O2S/c1-2-18-14(17)12-7-9-3-6-16-11-4-5-15-8-10(11)13(9)19-12/h4-5,7-8,16H,2-3,6H2,1H3. The Labute approximate surface area is 115 Å². The number of nitrogens with one attached hydrogen (secondary N) is 1. The van der Waals surface area contributed by atoms with Crippen LogP contribution in [0.1, 0.15) is 22.2 Å². The maximum Gasteiger partial charge on any atom is 0.348 e. The molecule has 98 valence electrons. The molecular weight excluding hydrogens is 260 g/mol. The van der Waals surface area contributed by atoms with Crippen LogP contribution in [0.2, 0.25) is 0 Å². The number of carbonyl (C=O) groups excluding carboxylic acids is 1. The predicted molar refractivity (Wildman–Crippen MR) is 75.7 cm³/mol. The molecule has 3 rings (SSSR count). The molecule has 19 heavy (non-hydrogen) atoms. The lowest BCUT2D eigenvalue weighted by Crippen LogP contribution is -2.03. The van der Waals surface area contributed by atoms with Crippen LogP contribution in [0.15, 0.2) is 24.5 Å². The van der Waals surface area contributed by atoms with Crippen LogP contribution >= 0.6 is 11.3 Å². The zero-order valence-corrected chi connectivity index (χ0v) is 11.4. The van der Waals surface area contributed by atoms with E-state index in [1.54, 1.807) is 6.20 Å². The van der Waals surface area contributed by atoms with Crippen molar-refractivity contribution in [3.8, 4) is 10.4 Å². The molecule has 0 atom stereocenters. The number of pyridine rings is 1. The highest BCUT2D eigenvalue weighted by atomic mass is 32.1. The van der Waals surface area contributed by atoms with E-state index in [2.05, 4.69) is 10.3 Å². The van der Waals surface area contributed by atoms with Gasteiger partial charge in [0.25, 0.3) is 0 Å². The number of hydrogen-bond donors (Lipinski definition) is 1. The molecule has 2 aromatic heterocycles. The number of ether oxygens (including phenoxy) is 1. The third-order valence-electron chi connectivity index (χ3n) is 3.06. The smallest absolute Gasteiger partial charge is 0.348 e. The van der Waals surface area contributed by atoms with Gasteiger partial charge < -0.3 is 10.1 Å². The Bertz CT molecular complexity index is 622. The Morgan fingerprint density at radius 3 is 3.32 bits per heavy atom. The van der Waals surface area contributed by atoms with Gasteiger partial charge in [0.2, 0.25) is 0 Å². The number of thiophene rings is 1. The molecule has 0 aliphatic carbocycles. The van der Waals surface area contributed by atoms with Gasteiger partial charge in [-0.05, 0) is 31.0 Å². The highest BCUT2D eigenvalue weighted by Gasteiger charge is 2.20. The van der Waals surface area contributed by atoms with Gasteiger partial charge in [-0.3, -0.25) is 4.98 Å². The fourth-order valence-corrected chi connectivity index (χ4v) is 3.33. The van der Waals surface area contributed by atoms with Crippen molar-refractivity contribution >= 4 is 23.0 Å². The van der Waals surface area contributed by atoms with E-state index in [1.807, 2.05) is 25.3 Å². The van der Waals surface area contributed by atoms with Crippen LogP contribution in [0.25, 0.3) is 10.4 Å². The van der Waals surface area contributed by atoms with Crippen LogP contribution in [0, 0.1) is 0 Å². The quantitative estimate of drug-likeness (QED) is 0.855. The normalized spacial score (nSPS) is 12.9. The van der Waals surface area contributed by atoms with Crippen molar-refractivity contribution in [2.24, 2.45) is 0 Å². The SMILES string of the molecule is CCOC(=O)c1cc2c(s1)-c1cnccc1NCC2. The first-order chi connectivity index (χ1) is 9.29. The molecule has 0 unspecified atom stereocenters. The van der Waals surface area contributed by atoms with E-state index in [9.17, 15) is 4.79 Å². The Morgan fingerprint density at radius 2 is 2.47 bits per heavy atom. The number of rotatable bonds is 2. The van der Waals surface area contributed by atoms with Gasteiger partial charge in [-0.25, -0.2) is 4.79 Å². The summed E-state index contributed by atoms with van der Waals surface area (Å²) in [4.78, 5) is 17.8. The highest BCUT2D eigenvalue weighted by Crippen LogP contribution is 2.38. The number of anilines is 1. The molecule has 4 nitrogen and oxygen atoms in total. The summed E-state index contributed by atoms with van der Waals surface area (Å²) in [5.41, 5.74) is 3.33.